The van der Waals surface area contributed by atoms with Crippen LogP contribution in [0.25, 0.3) is 5.69 Å². The Hall–Kier alpha value is -2.55. The number of rotatable bonds is 4. The van der Waals surface area contributed by atoms with Crippen LogP contribution in [0.5, 0.6) is 0 Å². The molecule has 1 saturated carbocycles. The topological polar surface area (TPSA) is 99.0 Å². The molecular formula is C23H30F3N5O. The number of carbonyl (C=O) groups is 1. The average Bonchev–Trinajstić information content (AvgIpc) is 3.07. The van der Waals surface area contributed by atoms with Gasteiger partial charge < -0.3 is 16.8 Å². The van der Waals surface area contributed by atoms with E-state index in [2.05, 4.69) is 24.3 Å². The van der Waals surface area contributed by atoms with Crippen molar-refractivity contribution in [1.82, 2.24) is 9.78 Å². The number of benzene rings is 1. The first-order valence-corrected chi connectivity index (χ1v) is 11.1. The molecule has 2 aliphatic rings. The third-order valence-corrected chi connectivity index (χ3v) is 6.70. The molecule has 0 saturated heterocycles. The van der Waals surface area contributed by atoms with Gasteiger partial charge in [-0.2, -0.15) is 18.3 Å². The number of amides is 1. The average molecular weight is 450 g/mol. The quantitative estimate of drug-likeness (QED) is 0.652. The van der Waals surface area contributed by atoms with Gasteiger partial charge in [0.25, 0.3) is 5.91 Å². The van der Waals surface area contributed by atoms with Gasteiger partial charge in [0.2, 0.25) is 0 Å². The second kappa shape index (κ2) is 8.10. The van der Waals surface area contributed by atoms with Gasteiger partial charge in [-0.15, -0.1) is 0 Å². The summed E-state index contributed by atoms with van der Waals surface area (Å²) in [6.07, 6.45) is 0.439. The van der Waals surface area contributed by atoms with Gasteiger partial charge in [0.1, 0.15) is 0 Å². The van der Waals surface area contributed by atoms with Gasteiger partial charge in [0, 0.05) is 29.0 Å². The number of hydrogen-bond donors (Lipinski definition) is 3. The maximum atomic E-state index is 13.7. The van der Waals surface area contributed by atoms with Gasteiger partial charge in [-0.05, 0) is 68.6 Å². The van der Waals surface area contributed by atoms with Gasteiger partial charge >= 0.3 is 6.18 Å². The Morgan fingerprint density at radius 1 is 1.22 bits per heavy atom. The van der Waals surface area contributed by atoms with Crippen LogP contribution in [-0.2, 0) is 19.0 Å². The molecule has 0 unspecified atom stereocenters. The Bertz CT molecular complexity index is 1020. The molecule has 1 fully saturated rings. The molecule has 1 amide bonds. The molecule has 4 rings (SSSR count). The molecule has 1 aromatic carbocycles. The van der Waals surface area contributed by atoms with E-state index in [0.717, 1.165) is 25.7 Å². The summed E-state index contributed by atoms with van der Waals surface area (Å²) < 4.78 is 42.6. The predicted molar refractivity (Wildman–Crippen MR) is 117 cm³/mol. The predicted octanol–water partition coefficient (Wildman–Crippen LogP) is 4.19. The molecule has 0 radical (unpaired) electrons. The molecule has 174 valence electrons. The van der Waals surface area contributed by atoms with E-state index in [4.69, 9.17) is 11.5 Å². The van der Waals surface area contributed by atoms with E-state index in [-0.39, 0.29) is 23.1 Å². The van der Waals surface area contributed by atoms with Crippen LogP contribution < -0.4 is 16.8 Å². The largest absolute Gasteiger partial charge is 0.435 e. The van der Waals surface area contributed by atoms with Crippen LogP contribution in [0.15, 0.2) is 18.2 Å². The Kier molecular flexibility index (Phi) is 5.73. The fraction of sp³-hybridized carbons (Fsp3) is 0.565. The number of hydrogen-bond acceptors (Lipinski definition) is 4. The van der Waals surface area contributed by atoms with Crippen molar-refractivity contribution in [2.75, 3.05) is 5.32 Å². The lowest BCUT2D eigenvalue weighted by Crippen LogP contribution is -2.33. The molecule has 0 bridgehead atoms. The minimum atomic E-state index is -4.52. The van der Waals surface area contributed by atoms with Gasteiger partial charge in [0.05, 0.1) is 11.3 Å². The SMILES string of the molecule is CC1(C)CCc2c(C(F)(F)F)nn(-c3ccc(C(N)=O)c(N[C@H]4CC[C@H](N)CC4)c3)c2C1. The number of halogens is 3. The minimum absolute atomic E-state index is 0.122. The molecule has 0 aliphatic heterocycles. The molecule has 5 N–H and O–H groups in total. The van der Waals surface area contributed by atoms with E-state index in [0.29, 0.717) is 41.9 Å². The lowest BCUT2D eigenvalue weighted by atomic mass is 9.76. The molecule has 1 aromatic heterocycles. The summed E-state index contributed by atoms with van der Waals surface area (Å²) in [7, 11) is 0. The lowest BCUT2D eigenvalue weighted by molar-refractivity contribution is -0.142. The van der Waals surface area contributed by atoms with Crippen molar-refractivity contribution in [3.63, 3.8) is 0 Å². The molecular weight excluding hydrogens is 419 g/mol. The van der Waals surface area contributed by atoms with Crippen molar-refractivity contribution >= 4 is 11.6 Å². The highest BCUT2D eigenvalue weighted by Gasteiger charge is 2.42. The summed E-state index contributed by atoms with van der Waals surface area (Å²) in [6.45, 7) is 4.11. The van der Waals surface area contributed by atoms with Crippen molar-refractivity contribution in [1.29, 1.82) is 0 Å². The van der Waals surface area contributed by atoms with E-state index in [1.807, 2.05) is 0 Å². The molecule has 2 aliphatic carbocycles. The highest BCUT2D eigenvalue weighted by molar-refractivity contribution is 5.99. The van der Waals surface area contributed by atoms with E-state index < -0.39 is 17.8 Å². The van der Waals surface area contributed by atoms with Crippen LogP contribution >= 0.6 is 0 Å². The third-order valence-electron chi connectivity index (χ3n) is 6.70. The molecule has 0 spiro atoms. The molecule has 1 heterocycles. The molecule has 0 atom stereocenters. The van der Waals surface area contributed by atoms with E-state index in [1.165, 1.54) is 4.68 Å². The van der Waals surface area contributed by atoms with Crippen molar-refractivity contribution in [2.45, 2.75) is 77.1 Å². The van der Waals surface area contributed by atoms with Crippen molar-refractivity contribution in [2.24, 2.45) is 16.9 Å². The van der Waals surface area contributed by atoms with E-state index >= 15 is 0 Å². The van der Waals surface area contributed by atoms with Gasteiger partial charge in [-0.1, -0.05) is 13.8 Å². The second-order valence-corrected chi connectivity index (χ2v) is 9.87. The van der Waals surface area contributed by atoms with Gasteiger partial charge in [-0.3, -0.25) is 4.79 Å². The first-order chi connectivity index (χ1) is 14.9. The van der Waals surface area contributed by atoms with Crippen LogP contribution in [0.3, 0.4) is 0 Å². The zero-order chi connectivity index (χ0) is 23.3. The zero-order valence-corrected chi connectivity index (χ0v) is 18.4. The molecule has 32 heavy (non-hydrogen) atoms. The number of primary amides is 1. The number of nitrogens with zero attached hydrogens (tertiary/aromatic N) is 2. The normalized spacial score (nSPS) is 22.9. The van der Waals surface area contributed by atoms with Crippen LogP contribution in [0.2, 0.25) is 0 Å². The monoisotopic (exact) mass is 449 g/mol. The zero-order valence-electron chi connectivity index (χ0n) is 18.4. The van der Waals surface area contributed by atoms with E-state index in [1.54, 1.807) is 18.2 Å². The number of fused-ring (bicyclic) bond motifs is 1. The lowest BCUT2D eigenvalue weighted by Gasteiger charge is -2.30. The van der Waals surface area contributed by atoms with Gasteiger partial charge in [-0.25, -0.2) is 4.68 Å². The number of nitrogens with one attached hydrogen (secondary N) is 1. The standard InChI is InChI=1S/C23H30F3N5O/c1-22(2)10-9-17-19(12-22)31(30-20(17)23(24,25)26)15-7-8-16(21(28)32)18(11-15)29-14-5-3-13(27)4-6-14/h7-8,11,13-14,29H,3-6,9-10,12,27H2,1-2H3,(H2,28,32)/t13-,14-. The molecule has 9 heteroatoms. The highest BCUT2D eigenvalue weighted by Crippen LogP contribution is 2.42. The number of carbonyl (C=O) groups excluding carboxylic acids is 1. The van der Waals surface area contributed by atoms with Crippen LogP contribution in [0, 0.1) is 5.41 Å². The smallest absolute Gasteiger partial charge is 0.382 e. The third kappa shape index (κ3) is 4.48. The fourth-order valence-electron chi connectivity index (χ4n) is 4.86. The van der Waals surface area contributed by atoms with Crippen molar-refractivity contribution in [3.05, 3.63) is 40.7 Å². The van der Waals surface area contributed by atoms with Crippen molar-refractivity contribution < 1.29 is 18.0 Å². The fourth-order valence-corrected chi connectivity index (χ4v) is 4.86. The Morgan fingerprint density at radius 3 is 2.53 bits per heavy atom. The molecule has 6 nitrogen and oxygen atoms in total. The summed E-state index contributed by atoms with van der Waals surface area (Å²) in [6, 6.07) is 5.15. The maximum absolute atomic E-state index is 13.7. The molecule has 2 aromatic rings. The summed E-state index contributed by atoms with van der Waals surface area (Å²) >= 11 is 0. The number of anilines is 1. The van der Waals surface area contributed by atoms with E-state index in [9.17, 15) is 18.0 Å². The first kappa shape index (κ1) is 22.6. The number of alkyl halides is 3. The van der Waals surface area contributed by atoms with Crippen molar-refractivity contribution in [3.8, 4) is 5.69 Å². The Balaban J connectivity index is 1.77. The summed E-state index contributed by atoms with van der Waals surface area (Å²) in [5.74, 6) is -0.592. The van der Waals surface area contributed by atoms with Crippen LogP contribution in [0.1, 0.15) is 73.3 Å². The second-order valence-electron chi connectivity index (χ2n) is 9.87. The summed E-state index contributed by atoms with van der Waals surface area (Å²) in [5.41, 5.74) is 12.8. The Morgan fingerprint density at radius 2 is 1.91 bits per heavy atom. The van der Waals surface area contributed by atoms with Crippen LogP contribution in [0.4, 0.5) is 18.9 Å². The summed E-state index contributed by atoms with van der Waals surface area (Å²) in [5, 5.41) is 7.38. The maximum Gasteiger partial charge on any atom is 0.435 e. The summed E-state index contributed by atoms with van der Waals surface area (Å²) in [4.78, 5) is 12.0. The number of aromatic nitrogens is 2. The first-order valence-electron chi connectivity index (χ1n) is 11.1. The highest BCUT2D eigenvalue weighted by atomic mass is 19.4. The minimum Gasteiger partial charge on any atom is -0.382 e. The van der Waals surface area contributed by atoms with Crippen LogP contribution in [-0.4, -0.2) is 27.8 Å². The Labute approximate surface area is 185 Å². The number of nitrogens with two attached hydrogens (primary N) is 2. The van der Waals surface area contributed by atoms with Gasteiger partial charge in [0.15, 0.2) is 5.69 Å².